The van der Waals surface area contributed by atoms with Crippen LogP contribution in [-0.4, -0.2) is 13.8 Å². The molecule has 0 atom stereocenters. The first-order chi connectivity index (χ1) is 8.23. The SMILES string of the molecule is CC(C)(C)[N-][Si](C)(C)C1CCCC1.[CH2-]C.[Cl][Ti][Cl]. The number of hydrogen-bond acceptors (Lipinski definition) is 0. The Hall–Kier alpha value is 1.47. The van der Waals surface area contributed by atoms with Gasteiger partial charge in [0.25, 0.3) is 0 Å². The van der Waals surface area contributed by atoms with Crippen LogP contribution in [0.15, 0.2) is 0 Å². The van der Waals surface area contributed by atoms with Crippen molar-refractivity contribution in [1.29, 1.82) is 0 Å². The summed E-state index contributed by atoms with van der Waals surface area (Å²) in [4.78, 5) is 5.06. The van der Waals surface area contributed by atoms with Crippen molar-refractivity contribution in [2.75, 3.05) is 0 Å². The zero-order chi connectivity index (χ0) is 14.8. The van der Waals surface area contributed by atoms with E-state index in [0.29, 0.717) is 0 Å². The van der Waals surface area contributed by atoms with Crippen LogP contribution in [0.4, 0.5) is 0 Å². The van der Waals surface area contributed by atoms with E-state index in [1.165, 1.54) is 25.7 Å². The van der Waals surface area contributed by atoms with Gasteiger partial charge in [0.15, 0.2) is 0 Å². The van der Waals surface area contributed by atoms with E-state index < -0.39 is 25.3 Å². The molecule has 1 fully saturated rings. The third-order valence-corrected chi connectivity index (χ3v) is 6.80. The molecular formula is C13H29Cl2NSiTi-2. The van der Waals surface area contributed by atoms with Crippen LogP contribution in [0.1, 0.15) is 53.4 Å². The minimum atomic E-state index is -1.28. The van der Waals surface area contributed by atoms with Gasteiger partial charge in [-0.2, -0.15) is 6.92 Å². The Balaban J connectivity index is 0. The van der Waals surface area contributed by atoms with Gasteiger partial charge in [-0.3, -0.25) is 0 Å². The molecule has 0 aromatic rings. The average Bonchev–Trinajstić information content (AvgIpc) is 2.71. The van der Waals surface area contributed by atoms with Gasteiger partial charge in [0.2, 0.25) is 0 Å². The van der Waals surface area contributed by atoms with Crippen molar-refractivity contribution in [2.45, 2.75) is 77.6 Å². The first-order valence-corrected chi connectivity index (χ1v) is 14.0. The van der Waals surface area contributed by atoms with Gasteiger partial charge in [-0.15, -0.1) is 5.54 Å². The van der Waals surface area contributed by atoms with Gasteiger partial charge in [0, 0.05) is 0 Å². The standard InChI is InChI=1S/C11H24NSi.C2H5.2ClH.Ti/c1-11(2,3)12-13(4,5)10-8-6-7-9-10;1-2;;;/h10H,6-9H2,1-5H3;1H2,2H3;2*1H;/q2*-1;;;+2/p-2. The summed E-state index contributed by atoms with van der Waals surface area (Å²) in [5.74, 6) is 0. The van der Waals surface area contributed by atoms with E-state index in [9.17, 15) is 0 Å². The van der Waals surface area contributed by atoms with Crippen molar-refractivity contribution in [3.8, 4) is 0 Å². The topological polar surface area (TPSA) is 14.1 Å². The normalized spacial score (nSPS) is 16.3. The van der Waals surface area contributed by atoms with Crippen LogP contribution in [-0.2, 0) is 17.0 Å². The fourth-order valence-corrected chi connectivity index (χ4v) is 6.32. The average molecular weight is 346 g/mol. The molecule has 0 aromatic heterocycles. The molecule has 0 saturated heterocycles. The zero-order valence-electron chi connectivity index (χ0n) is 12.8. The van der Waals surface area contributed by atoms with Crippen molar-refractivity contribution < 1.29 is 17.0 Å². The number of halogens is 2. The summed E-state index contributed by atoms with van der Waals surface area (Å²) >= 11 is -0.556. The van der Waals surface area contributed by atoms with Gasteiger partial charge in [-0.1, -0.05) is 73.3 Å². The first-order valence-electron chi connectivity index (χ1n) is 6.64. The molecule has 1 aliphatic carbocycles. The molecule has 1 rings (SSSR count). The molecule has 0 heterocycles. The number of nitrogens with zero attached hydrogens (tertiary/aromatic N) is 1. The van der Waals surface area contributed by atoms with Gasteiger partial charge in [0.05, 0.1) is 0 Å². The molecule has 18 heavy (non-hydrogen) atoms. The summed E-state index contributed by atoms with van der Waals surface area (Å²) in [6.45, 7) is 16.6. The molecule has 5 heteroatoms. The van der Waals surface area contributed by atoms with Gasteiger partial charge in [0.1, 0.15) is 0 Å². The van der Waals surface area contributed by atoms with Crippen LogP contribution in [0.3, 0.4) is 0 Å². The number of hydrogen-bond donors (Lipinski definition) is 0. The second-order valence-electron chi connectivity index (χ2n) is 5.99. The molecule has 0 amide bonds. The van der Waals surface area contributed by atoms with Crippen LogP contribution >= 0.6 is 18.6 Å². The molecule has 0 aliphatic heterocycles. The number of rotatable bonds is 2. The van der Waals surface area contributed by atoms with E-state index in [2.05, 4.69) is 40.8 Å². The predicted octanol–water partition coefficient (Wildman–Crippen LogP) is 6.52. The van der Waals surface area contributed by atoms with E-state index in [0.717, 1.165) is 5.54 Å². The molecule has 0 spiro atoms. The Labute approximate surface area is 133 Å². The second-order valence-corrected chi connectivity index (χ2v) is 12.9. The van der Waals surface area contributed by atoms with Gasteiger partial charge in [-0.25, -0.2) is 0 Å². The Morgan fingerprint density at radius 1 is 1.11 bits per heavy atom. The Morgan fingerprint density at radius 3 is 1.72 bits per heavy atom. The van der Waals surface area contributed by atoms with Crippen LogP contribution in [0.2, 0.25) is 18.6 Å². The summed E-state index contributed by atoms with van der Waals surface area (Å²) in [5, 5.41) is 0. The van der Waals surface area contributed by atoms with Crippen molar-refractivity contribution in [3.05, 3.63) is 11.9 Å². The maximum atomic E-state index is 5.06. The van der Waals surface area contributed by atoms with Crippen LogP contribution in [0.5, 0.6) is 0 Å². The van der Waals surface area contributed by atoms with E-state index in [1.807, 2.05) is 0 Å². The van der Waals surface area contributed by atoms with Gasteiger partial charge < -0.3 is 11.9 Å². The monoisotopic (exact) mass is 345 g/mol. The van der Waals surface area contributed by atoms with Crippen molar-refractivity contribution in [1.82, 2.24) is 0 Å². The maximum absolute atomic E-state index is 5.06. The summed E-state index contributed by atoms with van der Waals surface area (Å²) in [6, 6.07) is 0. The fraction of sp³-hybridized carbons (Fsp3) is 0.923. The van der Waals surface area contributed by atoms with Gasteiger partial charge >= 0.3 is 35.6 Å². The van der Waals surface area contributed by atoms with E-state index in [4.69, 9.17) is 23.6 Å². The second kappa shape index (κ2) is 11.2. The minimum absolute atomic E-state index is 0.179. The Bertz CT molecular complexity index is 190. The fourth-order valence-electron chi connectivity index (χ4n) is 2.59. The molecule has 1 saturated carbocycles. The molecule has 110 valence electrons. The molecule has 0 unspecified atom stereocenters. The molecular weight excluding hydrogens is 317 g/mol. The molecule has 1 aliphatic rings. The summed E-state index contributed by atoms with van der Waals surface area (Å²) in [7, 11) is 8.50. The molecule has 0 N–H and O–H groups in total. The molecule has 0 aromatic carbocycles. The van der Waals surface area contributed by atoms with Gasteiger partial charge in [-0.05, 0) is 0 Å². The van der Waals surface area contributed by atoms with Crippen molar-refractivity contribution in [3.63, 3.8) is 0 Å². The Morgan fingerprint density at radius 2 is 1.44 bits per heavy atom. The molecule has 0 bridgehead atoms. The predicted molar refractivity (Wildman–Crippen MR) is 85.5 cm³/mol. The van der Waals surface area contributed by atoms with E-state index in [-0.39, 0.29) is 5.54 Å². The van der Waals surface area contributed by atoms with E-state index in [1.54, 1.807) is 6.92 Å². The van der Waals surface area contributed by atoms with E-state index >= 15 is 0 Å². The summed E-state index contributed by atoms with van der Waals surface area (Å²) in [6.07, 6.45) is 5.78. The summed E-state index contributed by atoms with van der Waals surface area (Å²) < 4.78 is 0. The molecule has 0 radical (unpaired) electrons. The van der Waals surface area contributed by atoms with Crippen LogP contribution in [0, 0.1) is 6.92 Å². The van der Waals surface area contributed by atoms with Crippen molar-refractivity contribution >= 4 is 26.8 Å². The molecule has 1 nitrogen and oxygen atoms in total. The summed E-state index contributed by atoms with van der Waals surface area (Å²) in [5.41, 5.74) is 1.14. The zero-order valence-corrected chi connectivity index (χ0v) is 16.9. The Kier molecular flexibility index (Phi) is 13.5. The van der Waals surface area contributed by atoms with Crippen LogP contribution in [0.25, 0.3) is 4.98 Å². The van der Waals surface area contributed by atoms with Crippen molar-refractivity contribution in [2.24, 2.45) is 0 Å². The first kappa shape index (κ1) is 21.8. The third-order valence-electron chi connectivity index (χ3n) is 2.98. The quantitative estimate of drug-likeness (QED) is 0.399. The van der Waals surface area contributed by atoms with Crippen LogP contribution < -0.4 is 0 Å². The third kappa shape index (κ3) is 11.3.